The van der Waals surface area contributed by atoms with Crippen molar-refractivity contribution in [3.8, 4) is 0 Å². The first-order chi connectivity index (χ1) is 7.79. The van der Waals surface area contributed by atoms with E-state index in [0.29, 0.717) is 6.04 Å². The van der Waals surface area contributed by atoms with Crippen LogP contribution in [0.25, 0.3) is 0 Å². The molecule has 0 aromatic carbocycles. The molecule has 2 rings (SSSR count). The fourth-order valence-corrected chi connectivity index (χ4v) is 3.83. The van der Waals surface area contributed by atoms with E-state index >= 15 is 0 Å². The van der Waals surface area contributed by atoms with Gasteiger partial charge in [0.25, 0.3) is 0 Å². The Labute approximate surface area is 102 Å². The zero-order chi connectivity index (χ0) is 11.4. The van der Waals surface area contributed by atoms with Crippen LogP contribution in [0.2, 0.25) is 0 Å². The summed E-state index contributed by atoms with van der Waals surface area (Å²) in [7, 11) is 4.07. The van der Waals surface area contributed by atoms with E-state index in [4.69, 9.17) is 0 Å². The van der Waals surface area contributed by atoms with Crippen LogP contribution in [-0.4, -0.2) is 33.9 Å². The normalized spacial score (nSPS) is 22.5. The van der Waals surface area contributed by atoms with E-state index < -0.39 is 0 Å². The summed E-state index contributed by atoms with van der Waals surface area (Å²) in [6.45, 7) is 0. The smallest absolute Gasteiger partial charge is 0.0521 e. The van der Waals surface area contributed by atoms with Crippen molar-refractivity contribution in [3.05, 3.63) is 18.0 Å². The van der Waals surface area contributed by atoms with Crippen molar-refractivity contribution in [2.45, 2.75) is 37.0 Å². The fourth-order valence-electron chi connectivity index (χ4n) is 2.36. The summed E-state index contributed by atoms with van der Waals surface area (Å²) in [5.74, 6) is 1.34. The maximum absolute atomic E-state index is 4.21. The molecule has 0 bridgehead atoms. The van der Waals surface area contributed by atoms with Gasteiger partial charge in [0.15, 0.2) is 0 Å². The molecule has 2 unspecified atom stereocenters. The molecule has 0 aliphatic carbocycles. The van der Waals surface area contributed by atoms with Crippen molar-refractivity contribution in [1.82, 2.24) is 15.1 Å². The second kappa shape index (κ2) is 5.73. The highest BCUT2D eigenvalue weighted by Crippen LogP contribution is 2.30. The Bertz CT molecular complexity index is 318. The van der Waals surface area contributed by atoms with E-state index in [-0.39, 0.29) is 0 Å². The van der Waals surface area contributed by atoms with Crippen LogP contribution >= 0.6 is 11.8 Å². The third-order valence-electron chi connectivity index (χ3n) is 3.29. The number of rotatable bonds is 5. The van der Waals surface area contributed by atoms with E-state index in [2.05, 4.69) is 35.4 Å². The van der Waals surface area contributed by atoms with E-state index in [0.717, 1.165) is 11.7 Å². The number of hydrogen-bond donors (Lipinski definition) is 1. The molecular formula is C12H21N3S. The highest BCUT2D eigenvalue weighted by atomic mass is 32.2. The van der Waals surface area contributed by atoms with Gasteiger partial charge in [-0.2, -0.15) is 16.9 Å². The van der Waals surface area contributed by atoms with Gasteiger partial charge in [-0.05, 0) is 44.0 Å². The van der Waals surface area contributed by atoms with Gasteiger partial charge in [0.2, 0.25) is 0 Å². The van der Waals surface area contributed by atoms with Gasteiger partial charge in [-0.1, -0.05) is 0 Å². The first-order valence-corrected chi connectivity index (χ1v) is 7.11. The minimum absolute atomic E-state index is 0.660. The molecule has 0 spiro atoms. The van der Waals surface area contributed by atoms with Gasteiger partial charge in [-0.25, -0.2) is 0 Å². The Balaban J connectivity index is 1.82. The first kappa shape index (κ1) is 12.0. The quantitative estimate of drug-likeness (QED) is 0.850. The lowest BCUT2D eigenvalue weighted by Gasteiger charge is -2.21. The molecular weight excluding hydrogens is 218 g/mol. The van der Waals surface area contributed by atoms with Gasteiger partial charge in [-0.15, -0.1) is 0 Å². The summed E-state index contributed by atoms with van der Waals surface area (Å²) in [5, 5.41) is 8.50. The van der Waals surface area contributed by atoms with Crippen LogP contribution in [0.1, 0.15) is 24.8 Å². The molecule has 1 aromatic heterocycles. The van der Waals surface area contributed by atoms with Crippen molar-refractivity contribution in [3.63, 3.8) is 0 Å². The topological polar surface area (TPSA) is 29.9 Å². The van der Waals surface area contributed by atoms with E-state index in [1.54, 1.807) is 0 Å². The number of nitrogens with one attached hydrogen (secondary N) is 1. The average Bonchev–Trinajstić information content (AvgIpc) is 2.91. The molecule has 2 heterocycles. The molecule has 1 saturated heterocycles. The Kier molecular flexibility index (Phi) is 4.29. The number of aryl methyl sites for hydroxylation is 2. The molecule has 0 saturated carbocycles. The molecule has 3 nitrogen and oxygen atoms in total. The van der Waals surface area contributed by atoms with Gasteiger partial charge in [0, 0.05) is 24.5 Å². The summed E-state index contributed by atoms with van der Waals surface area (Å²) in [5.41, 5.74) is 1.35. The minimum atomic E-state index is 0.660. The Morgan fingerprint density at radius 2 is 2.56 bits per heavy atom. The van der Waals surface area contributed by atoms with Crippen molar-refractivity contribution in [2.24, 2.45) is 7.05 Å². The summed E-state index contributed by atoms with van der Waals surface area (Å²) < 4.78 is 1.88. The number of thioether (sulfide) groups is 1. The Hall–Kier alpha value is -0.480. The van der Waals surface area contributed by atoms with Crippen molar-refractivity contribution in [1.29, 1.82) is 0 Å². The largest absolute Gasteiger partial charge is 0.316 e. The van der Waals surface area contributed by atoms with Crippen LogP contribution in [0, 0.1) is 0 Å². The second-order valence-corrected chi connectivity index (χ2v) is 5.85. The molecule has 4 heteroatoms. The Morgan fingerprint density at radius 1 is 1.69 bits per heavy atom. The van der Waals surface area contributed by atoms with E-state index in [1.807, 2.05) is 17.9 Å². The predicted molar refractivity (Wildman–Crippen MR) is 69.9 cm³/mol. The standard InChI is InChI=1S/C12H21N3S/c1-13-11(12-4-3-7-16-12)6-5-10-8-14-15(2)9-10/h8-9,11-13H,3-7H2,1-2H3. The maximum atomic E-state index is 4.21. The highest BCUT2D eigenvalue weighted by Gasteiger charge is 2.23. The molecule has 1 fully saturated rings. The molecule has 1 N–H and O–H groups in total. The van der Waals surface area contributed by atoms with E-state index in [9.17, 15) is 0 Å². The molecule has 2 atom stereocenters. The molecule has 16 heavy (non-hydrogen) atoms. The van der Waals surface area contributed by atoms with Crippen molar-refractivity contribution >= 4 is 11.8 Å². The summed E-state index contributed by atoms with van der Waals surface area (Å²) >= 11 is 2.13. The van der Waals surface area contributed by atoms with Crippen LogP contribution in [0.3, 0.4) is 0 Å². The Morgan fingerprint density at radius 3 is 3.12 bits per heavy atom. The van der Waals surface area contributed by atoms with Crippen LogP contribution in [0.5, 0.6) is 0 Å². The van der Waals surface area contributed by atoms with E-state index in [1.165, 1.54) is 30.6 Å². The SMILES string of the molecule is CNC(CCc1cnn(C)c1)C1CCCS1. The van der Waals surface area contributed by atoms with Gasteiger partial charge in [-0.3, -0.25) is 4.68 Å². The predicted octanol–water partition coefficient (Wildman–Crippen LogP) is 1.84. The zero-order valence-corrected chi connectivity index (χ0v) is 11.0. The van der Waals surface area contributed by atoms with Crippen LogP contribution in [0.4, 0.5) is 0 Å². The average molecular weight is 239 g/mol. The highest BCUT2D eigenvalue weighted by molar-refractivity contribution is 8.00. The lowest BCUT2D eigenvalue weighted by molar-refractivity contribution is 0.494. The fraction of sp³-hybridized carbons (Fsp3) is 0.750. The van der Waals surface area contributed by atoms with Crippen LogP contribution < -0.4 is 5.32 Å². The third-order valence-corrected chi connectivity index (χ3v) is 4.80. The molecule has 90 valence electrons. The molecule has 0 amide bonds. The van der Waals surface area contributed by atoms with Gasteiger partial charge >= 0.3 is 0 Å². The van der Waals surface area contributed by atoms with Crippen molar-refractivity contribution in [2.75, 3.05) is 12.8 Å². The summed E-state index contributed by atoms with van der Waals surface area (Å²) in [6.07, 6.45) is 9.23. The summed E-state index contributed by atoms with van der Waals surface area (Å²) in [4.78, 5) is 0. The van der Waals surface area contributed by atoms with Crippen LogP contribution in [-0.2, 0) is 13.5 Å². The number of aromatic nitrogens is 2. The monoisotopic (exact) mass is 239 g/mol. The molecule has 1 aliphatic heterocycles. The second-order valence-electron chi connectivity index (χ2n) is 4.51. The van der Waals surface area contributed by atoms with Gasteiger partial charge < -0.3 is 5.32 Å². The van der Waals surface area contributed by atoms with Gasteiger partial charge in [0.1, 0.15) is 0 Å². The molecule has 0 radical (unpaired) electrons. The van der Waals surface area contributed by atoms with Crippen LogP contribution in [0.15, 0.2) is 12.4 Å². The molecule has 1 aliphatic rings. The number of hydrogen-bond acceptors (Lipinski definition) is 3. The maximum Gasteiger partial charge on any atom is 0.0521 e. The lowest BCUT2D eigenvalue weighted by atomic mass is 10.0. The minimum Gasteiger partial charge on any atom is -0.316 e. The van der Waals surface area contributed by atoms with Gasteiger partial charge in [0.05, 0.1) is 6.20 Å². The molecule has 1 aromatic rings. The first-order valence-electron chi connectivity index (χ1n) is 6.06. The number of nitrogens with zero attached hydrogens (tertiary/aromatic N) is 2. The summed E-state index contributed by atoms with van der Waals surface area (Å²) in [6, 6.07) is 0.660. The lowest BCUT2D eigenvalue weighted by Crippen LogP contribution is -2.34. The van der Waals surface area contributed by atoms with Crippen molar-refractivity contribution < 1.29 is 0 Å². The zero-order valence-electron chi connectivity index (χ0n) is 10.1. The third kappa shape index (κ3) is 3.01.